The molecule has 3 nitrogen and oxygen atoms in total. The van der Waals surface area contributed by atoms with Gasteiger partial charge in [-0.1, -0.05) is 13.8 Å². The lowest BCUT2D eigenvalue weighted by Gasteiger charge is -2.35. The smallest absolute Gasteiger partial charge is 0.166 e. The van der Waals surface area contributed by atoms with E-state index in [1.807, 2.05) is 0 Å². The maximum Gasteiger partial charge on any atom is 0.166 e. The summed E-state index contributed by atoms with van der Waals surface area (Å²) in [4.78, 5) is 0. The SMILES string of the molecule is COCCCNC(=S)NC1CCC(C)(C)CC1. The van der Waals surface area contributed by atoms with Crippen LogP contribution in [-0.2, 0) is 4.74 Å². The molecule has 0 spiro atoms. The summed E-state index contributed by atoms with van der Waals surface area (Å²) in [5.74, 6) is 0. The molecule has 0 saturated heterocycles. The quantitative estimate of drug-likeness (QED) is 0.586. The topological polar surface area (TPSA) is 33.3 Å². The summed E-state index contributed by atoms with van der Waals surface area (Å²) in [6.07, 6.45) is 6.03. The minimum Gasteiger partial charge on any atom is -0.385 e. The Morgan fingerprint density at radius 1 is 1.35 bits per heavy atom. The average Bonchev–Trinajstić information content (AvgIpc) is 2.28. The van der Waals surface area contributed by atoms with E-state index in [4.69, 9.17) is 17.0 Å². The zero-order valence-electron chi connectivity index (χ0n) is 11.3. The number of thiocarbonyl (C=S) groups is 1. The molecule has 1 aliphatic carbocycles. The number of ether oxygens (including phenoxy) is 1. The first-order valence-electron chi connectivity index (χ1n) is 6.57. The summed E-state index contributed by atoms with van der Waals surface area (Å²) in [6, 6.07) is 0.561. The summed E-state index contributed by atoms with van der Waals surface area (Å²) in [6.45, 7) is 6.38. The van der Waals surface area contributed by atoms with Gasteiger partial charge in [-0.2, -0.15) is 0 Å². The molecular weight excluding hydrogens is 232 g/mol. The fraction of sp³-hybridized carbons (Fsp3) is 0.923. The van der Waals surface area contributed by atoms with Crippen molar-refractivity contribution in [3.8, 4) is 0 Å². The molecule has 0 aromatic rings. The normalized spacial score (nSPS) is 19.9. The number of methoxy groups -OCH3 is 1. The first kappa shape index (κ1) is 14.7. The largest absolute Gasteiger partial charge is 0.385 e. The third-order valence-electron chi connectivity index (χ3n) is 3.49. The molecule has 1 fully saturated rings. The molecule has 2 N–H and O–H groups in total. The second-order valence-corrected chi connectivity index (χ2v) is 6.09. The third-order valence-corrected chi connectivity index (χ3v) is 3.75. The van der Waals surface area contributed by atoms with Gasteiger partial charge in [0.25, 0.3) is 0 Å². The van der Waals surface area contributed by atoms with E-state index < -0.39 is 0 Å². The lowest BCUT2D eigenvalue weighted by atomic mass is 9.76. The van der Waals surface area contributed by atoms with Crippen molar-refractivity contribution in [3.63, 3.8) is 0 Å². The van der Waals surface area contributed by atoms with Gasteiger partial charge in [-0.25, -0.2) is 0 Å². The minimum atomic E-state index is 0.520. The van der Waals surface area contributed by atoms with Crippen LogP contribution in [0.1, 0.15) is 46.0 Å². The van der Waals surface area contributed by atoms with E-state index in [-0.39, 0.29) is 0 Å². The Kier molecular flexibility index (Phi) is 6.20. The van der Waals surface area contributed by atoms with E-state index in [0.717, 1.165) is 24.7 Å². The molecule has 1 saturated carbocycles. The predicted molar refractivity (Wildman–Crippen MR) is 76.3 cm³/mol. The number of rotatable bonds is 5. The first-order chi connectivity index (χ1) is 8.03. The number of hydrogen-bond acceptors (Lipinski definition) is 2. The zero-order chi connectivity index (χ0) is 12.7. The number of nitrogens with one attached hydrogen (secondary N) is 2. The molecule has 0 heterocycles. The van der Waals surface area contributed by atoms with Crippen LogP contribution in [0.2, 0.25) is 0 Å². The molecule has 0 radical (unpaired) electrons. The van der Waals surface area contributed by atoms with Gasteiger partial charge in [0, 0.05) is 26.3 Å². The van der Waals surface area contributed by atoms with Crippen molar-refractivity contribution in [1.29, 1.82) is 0 Å². The fourth-order valence-corrected chi connectivity index (χ4v) is 2.47. The lowest BCUT2D eigenvalue weighted by Crippen LogP contribution is -2.44. The van der Waals surface area contributed by atoms with E-state index in [0.29, 0.717) is 11.5 Å². The molecule has 0 amide bonds. The molecule has 0 atom stereocenters. The van der Waals surface area contributed by atoms with Gasteiger partial charge in [-0.05, 0) is 49.7 Å². The van der Waals surface area contributed by atoms with Crippen LogP contribution in [0.3, 0.4) is 0 Å². The number of hydrogen-bond donors (Lipinski definition) is 2. The molecule has 0 bridgehead atoms. The molecule has 100 valence electrons. The van der Waals surface area contributed by atoms with Crippen molar-refractivity contribution in [3.05, 3.63) is 0 Å². The Morgan fingerprint density at radius 3 is 2.59 bits per heavy atom. The van der Waals surface area contributed by atoms with Crippen LogP contribution in [0.4, 0.5) is 0 Å². The highest BCUT2D eigenvalue weighted by atomic mass is 32.1. The second kappa shape index (κ2) is 7.17. The third kappa shape index (κ3) is 6.22. The average molecular weight is 258 g/mol. The van der Waals surface area contributed by atoms with Gasteiger partial charge >= 0.3 is 0 Å². The Bertz CT molecular complexity index is 234. The summed E-state index contributed by atoms with van der Waals surface area (Å²) in [5.41, 5.74) is 0.520. The fourth-order valence-electron chi connectivity index (χ4n) is 2.20. The molecule has 0 aromatic carbocycles. The van der Waals surface area contributed by atoms with Crippen LogP contribution in [0.5, 0.6) is 0 Å². The standard InChI is InChI=1S/C13H26N2OS/c1-13(2)7-5-11(6-8-13)15-12(17)14-9-4-10-16-3/h11H,4-10H2,1-3H3,(H2,14,15,17). The summed E-state index contributed by atoms with van der Waals surface area (Å²) < 4.78 is 4.99. The molecular formula is C13H26N2OS. The van der Waals surface area contributed by atoms with Crippen LogP contribution in [0, 0.1) is 5.41 Å². The van der Waals surface area contributed by atoms with Crippen LogP contribution < -0.4 is 10.6 Å². The van der Waals surface area contributed by atoms with E-state index in [1.54, 1.807) is 7.11 Å². The van der Waals surface area contributed by atoms with Crippen LogP contribution >= 0.6 is 12.2 Å². The van der Waals surface area contributed by atoms with Crippen LogP contribution in [0.15, 0.2) is 0 Å². The van der Waals surface area contributed by atoms with Gasteiger partial charge in [-0.3, -0.25) is 0 Å². The van der Waals surface area contributed by atoms with E-state index in [1.165, 1.54) is 25.7 Å². The Labute approximate surface area is 111 Å². The molecule has 0 aromatic heterocycles. The van der Waals surface area contributed by atoms with Crippen molar-refractivity contribution >= 4 is 17.3 Å². The predicted octanol–water partition coefficient (Wildman–Crippen LogP) is 2.46. The van der Waals surface area contributed by atoms with E-state index >= 15 is 0 Å². The van der Waals surface area contributed by atoms with Gasteiger partial charge in [-0.15, -0.1) is 0 Å². The highest BCUT2D eigenvalue weighted by Crippen LogP contribution is 2.34. The van der Waals surface area contributed by atoms with Crippen LogP contribution in [-0.4, -0.2) is 31.4 Å². The van der Waals surface area contributed by atoms with Gasteiger partial charge in [0.2, 0.25) is 0 Å². The monoisotopic (exact) mass is 258 g/mol. The highest BCUT2D eigenvalue weighted by molar-refractivity contribution is 7.80. The Hall–Kier alpha value is -0.350. The minimum absolute atomic E-state index is 0.520. The molecule has 1 rings (SSSR count). The first-order valence-corrected chi connectivity index (χ1v) is 6.98. The van der Waals surface area contributed by atoms with Crippen molar-refractivity contribution in [1.82, 2.24) is 10.6 Å². The van der Waals surface area contributed by atoms with Gasteiger partial charge in [0.05, 0.1) is 0 Å². The van der Waals surface area contributed by atoms with Gasteiger partial charge in [0.15, 0.2) is 5.11 Å². The Balaban J connectivity index is 2.11. The summed E-state index contributed by atoms with van der Waals surface area (Å²) in [5, 5.41) is 7.44. The van der Waals surface area contributed by atoms with Gasteiger partial charge < -0.3 is 15.4 Å². The van der Waals surface area contributed by atoms with Crippen molar-refractivity contribution in [2.75, 3.05) is 20.3 Å². The van der Waals surface area contributed by atoms with Crippen molar-refractivity contribution in [2.45, 2.75) is 52.0 Å². The Morgan fingerprint density at radius 2 is 2.00 bits per heavy atom. The molecule has 1 aliphatic rings. The summed E-state index contributed by atoms with van der Waals surface area (Å²) >= 11 is 5.28. The highest BCUT2D eigenvalue weighted by Gasteiger charge is 2.26. The summed E-state index contributed by atoms with van der Waals surface area (Å²) in [7, 11) is 1.72. The van der Waals surface area contributed by atoms with Crippen LogP contribution in [0.25, 0.3) is 0 Å². The molecule has 4 heteroatoms. The molecule has 17 heavy (non-hydrogen) atoms. The molecule has 0 aliphatic heterocycles. The molecule has 0 unspecified atom stereocenters. The maximum atomic E-state index is 5.28. The van der Waals surface area contributed by atoms with E-state index in [2.05, 4.69) is 24.5 Å². The second-order valence-electron chi connectivity index (χ2n) is 5.69. The lowest BCUT2D eigenvalue weighted by molar-refractivity contribution is 0.195. The van der Waals surface area contributed by atoms with Gasteiger partial charge in [0.1, 0.15) is 0 Å². The maximum absolute atomic E-state index is 5.28. The van der Waals surface area contributed by atoms with Crippen molar-refractivity contribution < 1.29 is 4.74 Å². The van der Waals surface area contributed by atoms with E-state index in [9.17, 15) is 0 Å². The van der Waals surface area contributed by atoms with Crippen molar-refractivity contribution in [2.24, 2.45) is 5.41 Å². The zero-order valence-corrected chi connectivity index (χ0v) is 12.2.